The van der Waals surface area contributed by atoms with Crippen LogP contribution in [0.1, 0.15) is 6.92 Å². The Balaban J connectivity index is 2.34. The van der Waals surface area contributed by atoms with Gasteiger partial charge in [0.25, 0.3) is 0 Å². The first-order valence-corrected chi connectivity index (χ1v) is 6.12. The monoisotopic (exact) mass is 214 g/mol. The molecule has 0 radical (unpaired) electrons. The Morgan fingerprint density at radius 2 is 1.87 bits per heavy atom. The van der Waals surface area contributed by atoms with Gasteiger partial charge in [-0.25, -0.2) is 0 Å². The molecule has 0 heterocycles. The molecule has 1 heteroatoms. The quantitative estimate of drug-likeness (QED) is 0.535. The number of hydrogen-bond acceptors (Lipinski definition) is 1. The molecule has 0 nitrogen and oxygen atoms in total. The smallest absolute Gasteiger partial charge is 0.0161 e. The van der Waals surface area contributed by atoms with Crippen molar-refractivity contribution in [3.63, 3.8) is 0 Å². The van der Waals surface area contributed by atoms with Gasteiger partial charge < -0.3 is 0 Å². The van der Waals surface area contributed by atoms with E-state index in [1.165, 1.54) is 15.7 Å². The molecule has 0 aliphatic carbocycles. The van der Waals surface area contributed by atoms with E-state index in [-0.39, 0.29) is 0 Å². The third-order valence-electron chi connectivity index (χ3n) is 2.32. The largest absolute Gasteiger partial charge is 0.121 e. The van der Waals surface area contributed by atoms with E-state index in [4.69, 9.17) is 0 Å². The number of hydrogen-bond donors (Lipinski definition) is 0. The summed E-state index contributed by atoms with van der Waals surface area (Å²) in [7, 11) is 0. The number of rotatable bonds is 3. The van der Waals surface area contributed by atoms with Crippen molar-refractivity contribution in [1.29, 1.82) is 0 Å². The second kappa shape index (κ2) is 5.04. The minimum atomic E-state index is 1.05. The maximum absolute atomic E-state index is 2.19. The Labute approximate surface area is 95.0 Å². The van der Waals surface area contributed by atoms with Crippen molar-refractivity contribution in [2.24, 2.45) is 0 Å². The molecule has 0 spiro atoms. The Kier molecular flexibility index (Phi) is 3.46. The molecule has 0 amide bonds. The summed E-state index contributed by atoms with van der Waals surface area (Å²) in [4.78, 5) is 1.37. The Morgan fingerprint density at radius 1 is 1.07 bits per heavy atom. The summed E-state index contributed by atoms with van der Waals surface area (Å²) in [6, 6.07) is 15.0. The van der Waals surface area contributed by atoms with Gasteiger partial charge in [-0.2, -0.15) is 0 Å². The maximum Gasteiger partial charge on any atom is 0.0161 e. The molecule has 2 aromatic rings. The zero-order valence-electron chi connectivity index (χ0n) is 8.81. The molecule has 15 heavy (non-hydrogen) atoms. The van der Waals surface area contributed by atoms with Gasteiger partial charge in [0, 0.05) is 10.6 Å². The average molecular weight is 214 g/mol. The molecule has 0 N–H and O–H groups in total. The SMILES string of the molecule is C/C=C/CSc1cccc2ccccc12. The number of fused-ring (bicyclic) bond motifs is 1. The zero-order valence-corrected chi connectivity index (χ0v) is 9.63. The normalized spacial score (nSPS) is 11.3. The molecular formula is C14H14S. The van der Waals surface area contributed by atoms with E-state index in [0.717, 1.165) is 5.75 Å². The van der Waals surface area contributed by atoms with Gasteiger partial charge in [0.1, 0.15) is 0 Å². The van der Waals surface area contributed by atoms with Crippen LogP contribution < -0.4 is 0 Å². The highest BCUT2D eigenvalue weighted by atomic mass is 32.2. The third-order valence-corrected chi connectivity index (χ3v) is 3.35. The first-order chi connectivity index (χ1) is 7.42. The van der Waals surface area contributed by atoms with Gasteiger partial charge in [0.2, 0.25) is 0 Å². The lowest BCUT2D eigenvalue weighted by atomic mass is 10.1. The van der Waals surface area contributed by atoms with Crippen LogP contribution in [0.4, 0.5) is 0 Å². The second-order valence-electron chi connectivity index (χ2n) is 3.36. The average Bonchev–Trinajstić information content (AvgIpc) is 2.30. The molecular weight excluding hydrogens is 200 g/mol. The Hall–Kier alpha value is -1.21. The molecule has 0 aliphatic rings. The molecule has 0 aromatic heterocycles. The maximum atomic E-state index is 2.19. The van der Waals surface area contributed by atoms with E-state index in [9.17, 15) is 0 Å². The molecule has 0 fully saturated rings. The van der Waals surface area contributed by atoms with Crippen LogP contribution in [0.2, 0.25) is 0 Å². The van der Waals surface area contributed by atoms with Crippen LogP contribution in [-0.2, 0) is 0 Å². The van der Waals surface area contributed by atoms with Crippen LogP contribution in [0, 0.1) is 0 Å². The molecule has 0 saturated carbocycles. The fourth-order valence-electron chi connectivity index (χ4n) is 1.56. The van der Waals surface area contributed by atoms with Crippen molar-refractivity contribution >= 4 is 22.5 Å². The second-order valence-corrected chi connectivity index (χ2v) is 4.42. The summed E-state index contributed by atoms with van der Waals surface area (Å²) in [5.74, 6) is 1.05. The summed E-state index contributed by atoms with van der Waals surface area (Å²) in [6.07, 6.45) is 4.28. The summed E-state index contributed by atoms with van der Waals surface area (Å²) in [5, 5.41) is 2.68. The van der Waals surface area contributed by atoms with Gasteiger partial charge in [-0.15, -0.1) is 11.8 Å². The van der Waals surface area contributed by atoms with E-state index in [2.05, 4.69) is 61.5 Å². The molecule has 2 aromatic carbocycles. The standard InChI is InChI=1S/C14H14S/c1-2-3-11-15-14-10-6-8-12-7-4-5-9-13(12)14/h2-10H,11H2,1H3/b3-2+. The molecule has 0 bridgehead atoms. The van der Waals surface area contributed by atoms with Crippen molar-refractivity contribution in [2.45, 2.75) is 11.8 Å². The lowest BCUT2D eigenvalue weighted by Crippen LogP contribution is -1.78. The molecule has 2 rings (SSSR count). The van der Waals surface area contributed by atoms with Crippen molar-refractivity contribution < 1.29 is 0 Å². The molecule has 0 unspecified atom stereocenters. The van der Waals surface area contributed by atoms with Crippen LogP contribution in [0.5, 0.6) is 0 Å². The van der Waals surface area contributed by atoms with Crippen LogP contribution in [0.15, 0.2) is 59.5 Å². The Morgan fingerprint density at radius 3 is 2.73 bits per heavy atom. The minimum Gasteiger partial charge on any atom is -0.121 e. The van der Waals surface area contributed by atoms with E-state index in [0.29, 0.717) is 0 Å². The highest BCUT2D eigenvalue weighted by Crippen LogP contribution is 2.27. The third kappa shape index (κ3) is 2.42. The van der Waals surface area contributed by atoms with Crippen molar-refractivity contribution in [3.8, 4) is 0 Å². The van der Waals surface area contributed by atoms with Crippen molar-refractivity contribution in [3.05, 3.63) is 54.6 Å². The topological polar surface area (TPSA) is 0 Å². The molecule has 0 atom stereocenters. The van der Waals surface area contributed by atoms with Gasteiger partial charge in [0.05, 0.1) is 0 Å². The van der Waals surface area contributed by atoms with Gasteiger partial charge in [-0.1, -0.05) is 48.6 Å². The summed E-state index contributed by atoms with van der Waals surface area (Å²) >= 11 is 1.89. The van der Waals surface area contributed by atoms with Crippen LogP contribution in [0.3, 0.4) is 0 Å². The van der Waals surface area contributed by atoms with E-state index < -0.39 is 0 Å². The molecule has 76 valence electrons. The first-order valence-electron chi connectivity index (χ1n) is 5.13. The van der Waals surface area contributed by atoms with Gasteiger partial charge in [0.15, 0.2) is 0 Å². The van der Waals surface area contributed by atoms with Gasteiger partial charge in [-0.3, -0.25) is 0 Å². The predicted molar refractivity (Wildman–Crippen MR) is 69.5 cm³/mol. The van der Waals surface area contributed by atoms with E-state index in [1.807, 2.05) is 11.8 Å². The Bertz CT molecular complexity index is 466. The molecule has 0 aliphatic heterocycles. The first kappa shape index (κ1) is 10.3. The molecule has 0 saturated heterocycles. The summed E-state index contributed by atoms with van der Waals surface area (Å²) < 4.78 is 0. The summed E-state index contributed by atoms with van der Waals surface area (Å²) in [5.41, 5.74) is 0. The van der Waals surface area contributed by atoms with Crippen LogP contribution in [0.25, 0.3) is 10.8 Å². The van der Waals surface area contributed by atoms with E-state index in [1.54, 1.807) is 0 Å². The van der Waals surface area contributed by atoms with Gasteiger partial charge in [-0.05, 0) is 23.8 Å². The predicted octanol–water partition coefficient (Wildman–Crippen LogP) is 4.51. The minimum absolute atomic E-state index is 1.05. The van der Waals surface area contributed by atoms with Crippen LogP contribution >= 0.6 is 11.8 Å². The lowest BCUT2D eigenvalue weighted by Gasteiger charge is -2.03. The number of thioether (sulfide) groups is 1. The number of allylic oxidation sites excluding steroid dienone is 1. The zero-order chi connectivity index (χ0) is 10.5. The number of benzene rings is 2. The van der Waals surface area contributed by atoms with Crippen molar-refractivity contribution in [2.75, 3.05) is 5.75 Å². The fraction of sp³-hybridized carbons (Fsp3) is 0.143. The van der Waals surface area contributed by atoms with Crippen molar-refractivity contribution in [1.82, 2.24) is 0 Å². The highest BCUT2D eigenvalue weighted by molar-refractivity contribution is 7.99. The highest BCUT2D eigenvalue weighted by Gasteiger charge is 1.98. The fourth-order valence-corrected chi connectivity index (χ4v) is 2.54. The van der Waals surface area contributed by atoms with Gasteiger partial charge >= 0.3 is 0 Å². The van der Waals surface area contributed by atoms with E-state index >= 15 is 0 Å². The van der Waals surface area contributed by atoms with Crippen LogP contribution in [-0.4, -0.2) is 5.75 Å². The lowest BCUT2D eigenvalue weighted by molar-refractivity contribution is 1.53. The summed E-state index contributed by atoms with van der Waals surface area (Å²) in [6.45, 7) is 2.06.